The number of aromatic nitrogens is 2. The van der Waals surface area contributed by atoms with Gasteiger partial charge >= 0.3 is 0 Å². The molecule has 4 nitrogen and oxygen atoms in total. The normalized spacial score (nSPS) is 10.5. The SMILES string of the molecule is CCCc1c(-c2ccc(N(C)C)cc2)nc[nH]c1=O. The third kappa shape index (κ3) is 2.84. The predicted octanol–water partition coefficient (Wildman–Crippen LogP) is 2.46. The van der Waals surface area contributed by atoms with Crippen LogP contribution < -0.4 is 10.5 Å². The van der Waals surface area contributed by atoms with E-state index in [2.05, 4.69) is 16.9 Å². The Hall–Kier alpha value is -2.10. The maximum atomic E-state index is 11.9. The Bertz CT molecular complexity index is 600. The molecule has 0 saturated carbocycles. The van der Waals surface area contributed by atoms with Crippen LogP contribution in [0.25, 0.3) is 11.3 Å². The molecule has 0 bridgehead atoms. The fourth-order valence-corrected chi connectivity index (χ4v) is 2.08. The van der Waals surface area contributed by atoms with Gasteiger partial charge in [-0.2, -0.15) is 0 Å². The second kappa shape index (κ2) is 5.69. The number of aromatic amines is 1. The van der Waals surface area contributed by atoms with Crippen LogP contribution in [0.5, 0.6) is 0 Å². The van der Waals surface area contributed by atoms with Gasteiger partial charge in [-0.05, 0) is 18.6 Å². The van der Waals surface area contributed by atoms with Gasteiger partial charge in [-0.15, -0.1) is 0 Å². The fraction of sp³-hybridized carbons (Fsp3) is 0.333. The number of nitrogens with zero attached hydrogens (tertiary/aromatic N) is 2. The van der Waals surface area contributed by atoms with Crippen LogP contribution in [0.2, 0.25) is 0 Å². The van der Waals surface area contributed by atoms with E-state index in [1.165, 1.54) is 6.33 Å². The first kappa shape index (κ1) is 13.3. The zero-order chi connectivity index (χ0) is 13.8. The summed E-state index contributed by atoms with van der Waals surface area (Å²) in [4.78, 5) is 20.9. The molecule has 100 valence electrons. The molecule has 0 aliphatic carbocycles. The number of hydrogen-bond donors (Lipinski definition) is 1. The van der Waals surface area contributed by atoms with Crippen LogP contribution >= 0.6 is 0 Å². The van der Waals surface area contributed by atoms with Gasteiger partial charge in [-0.3, -0.25) is 4.79 Å². The molecule has 1 aromatic carbocycles. The summed E-state index contributed by atoms with van der Waals surface area (Å²) >= 11 is 0. The molecule has 4 heteroatoms. The van der Waals surface area contributed by atoms with Crippen LogP contribution in [0.1, 0.15) is 18.9 Å². The van der Waals surface area contributed by atoms with Gasteiger partial charge in [0, 0.05) is 30.9 Å². The molecule has 2 rings (SSSR count). The molecule has 2 aromatic rings. The summed E-state index contributed by atoms with van der Waals surface area (Å²) in [6.07, 6.45) is 3.14. The van der Waals surface area contributed by atoms with Gasteiger partial charge < -0.3 is 9.88 Å². The topological polar surface area (TPSA) is 49.0 Å². The van der Waals surface area contributed by atoms with Gasteiger partial charge in [-0.25, -0.2) is 4.98 Å². The molecule has 0 spiro atoms. The lowest BCUT2D eigenvalue weighted by molar-refractivity contribution is 0.888. The minimum Gasteiger partial charge on any atom is -0.378 e. The molecule has 1 heterocycles. The van der Waals surface area contributed by atoms with Crippen molar-refractivity contribution in [2.75, 3.05) is 19.0 Å². The molecule has 1 N–H and O–H groups in total. The Balaban J connectivity index is 2.46. The van der Waals surface area contributed by atoms with E-state index in [-0.39, 0.29) is 5.56 Å². The summed E-state index contributed by atoms with van der Waals surface area (Å²) in [5.41, 5.74) is 3.63. The van der Waals surface area contributed by atoms with Crippen LogP contribution in [0.4, 0.5) is 5.69 Å². The summed E-state index contributed by atoms with van der Waals surface area (Å²) in [6.45, 7) is 2.06. The number of H-pyrrole nitrogens is 1. The van der Waals surface area contributed by atoms with Gasteiger partial charge in [0.2, 0.25) is 0 Å². The highest BCUT2D eigenvalue weighted by atomic mass is 16.1. The second-order valence-electron chi connectivity index (χ2n) is 4.75. The van der Waals surface area contributed by atoms with Crippen LogP contribution in [-0.2, 0) is 6.42 Å². The van der Waals surface area contributed by atoms with Crippen molar-refractivity contribution in [2.45, 2.75) is 19.8 Å². The minimum atomic E-state index is -0.0384. The largest absolute Gasteiger partial charge is 0.378 e. The number of hydrogen-bond acceptors (Lipinski definition) is 3. The summed E-state index contributed by atoms with van der Waals surface area (Å²) in [5.74, 6) is 0. The summed E-state index contributed by atoms with van der Waals surface area (Å²) in [5, 5.41) is 0. The molecule has 0 amide bonds. The molecule has 0 atom stereocenters. The first-order valence-electron chi connectivity index (χ1n) is 6.47. The van der Waals surface area contributed by atoms with Crippen molar-refractivity contribution >= 4 is 5.69 Å². The summed E-state index contributed by atoms with van der Waals surface area (Å²) < 4.78 is 0. The number of anilines is 1. The summed E-state index contributed by atoms with van der Waals surface area (Å²) in [7, 11) is 4.01. The molecule has 0 saturated heterocycles. The van der Waals surface area contributed by atoms with Gasteiger partial charge in [0.05, 0.1) is 12.0 Å². The van der Waals surface area contributed by atoms with Crippen molar-refractivity contribution in [1.82, 2.24) is 9.97 Å². The second-order valence-corrected chi connectivity index (χ2v) is 4.75. The van der Waals surface area contributed by atoms with Crippen molar-refractivity contribution in [2.24, 2.45) is 0 Å². The van der Waals surface area contributed by atoms with Crippen LogP contribution in [0.3, 0.4) is 0 Å². The number of rotatable bonds is 4. The van der Waals surface area contributed by atoms with E-state index >= 15 is 0 Å². The van der Waals surface area contributed by atoms with E-state index in [1.54, 1.807) is 0 Å². The van der Waals surface area contributed by atoms with E-state index in [1.807, 2.05) is 43.3 Å². The van der Waals surface area contributed by atoms with Crippen LogP contribution in [0.15, 0.2) is 35.4 Å². The lowest BCUT2D eigenvalue weighted by Gasteiger charge is -2.13. The average Bonchev–Trinajstić information content (AvgIpc) is 2.41. The molecule has 0 fully saturated rings. The first-order valence-corrected chi connectivity index (χ1v) is 6.47. The predicted molar refractivity (Wildman–Crippen MR) is 78.6 cm³/mol. The third-order valence-corrected chi connectivity index (χ3v) is 3.11. The van der Waals surface area contributed by atoms with E-state index in [4.69, 9.17) is 0 Å². The van der Waals surface area contributed by atoms with Crippen molar-refractivity contribution in [3.8, 4) is 11.3 Å². The van der Waals surface area contributed by atoms with E-state index < -0.39 is 0 Å². The maximum Gasteiger partial charge on any atom is 0.254 e. The average molecular weight is 257 g/mol. The highest BCUT2D eigenvalue weighted by Gasteiger charge is 2.10. The number of nitrogens with one attached hydrogen (secondary N) is 1. The van der Waals surface area contributed by atoms with Gasteiger partial charge in [0.25, 0.3) is 5.56 Å². The van der Waals surface area contributed by atoms with E-state index in [0.717, 1.165) is 35.3 Å². The summed E-state index contributed by atoms with van der Waals surface area (Å²) in [6, 6.07) is 8.09. The zero-order valence-electron chi connectivity index (χ0n) is 11.6. The monoisotopic (exact) mass is 257 g/mol. The van der Waals surface area contributed by atoms with Crippen molar-refractivity contribution in [1.29, 1.82) is 0 Å². The van der Waals surface area contributed by atoms with Gasteiger partial charge in [0.1, 0.15) is 0 Å². The third-order valence-electron chi connectivity index (χ3n) is 3.11. The van der Waals surface area contributed by atoms with Crippen molar-refractivity contribution in [3.05, 3.63) is 46.5 Å². The Morgan fingerprint density at radius 1 is 1.21 bits per heavy atom. The Labute approximate surface area is 113 Å². The quantitative estimate of drug-likeness (QED) is 0.915. The fourth-order valence-electron chi connectivity index (χ4n) is 2.08. The highest BCUT2D eigenvalue weighted by molar-refractivity contribution is 5.65. The molecule has 19 heavy (non-hydrogen) atoms. The molecule has 0 unspecified atom stereocenters. The van der Waals surface area contributed by atoms with Crippen molar-refractivity contribution in [3.63, 3.8) is 0 Å². The molecule has 1 aromatic heterocycles. The minimum absolute atomic E-state index is 0.0384. The molecular formula is C15H19N3O. The van der Waals surface area contributed by atoms with E-state index in [9.17, 15) is 4.79 Å². The number of benzene rings is 1. The Kier molecular flexibility index (Phi) is 4.00. The first-order chi connectivity index (χ1) is 9.13. The van der Waals surface area contributed by atoms with Crippen LogP contribution in [0, 0.1) is 0 Å². The zero-order valence-corrected chi connectivity index (χ0v) is 11.6. The highest BCUT2D eigenvalue weighted by Crippen LogP contribution is 2.22. The van der Waals surface area contributed by atoms with E-state index in [0.29, 0.717) is 0 Å². The molecule has 0 aliphatic rings. The van der Waals surface area contributed by atoms with Crippen molar-refractivity contribution < 1.29 is 0 Å². The Morgan fingerprint density at radius 3 is 2.47 bits per heavy atom. The lowest BCUT2D eigenvalue weighted by Crippen LogP contribution is -2.15. The maximum absolute atomic E-state index is 11.9. The molecular weight excluding hydrogens is 238 g/mol. The molecule has 0 radical (unpaired) electrons. The Morgan fingerprint density at radius 2 is 1.89 bits per heavy atom. The van der Waals surface area contributed by atoms with Gasteiger partial charge in [-0.1, -0.05) is 25.5 Å². The van der Waals surface area contributed by atoms with Crippen LogP contribution in [-0.4, -0.2) is 24.1 Å². The standard InChI is InChI=1S/C15H19N3O/c1-4-5-13-14(16-10-17-15(13)19)11-6-8-12(9-7-11)18(2)3/h6-10H,4-5H2,1-3H3,(H,16,17,19). The molecule has 0 aliphatic heterocycles. The lowest BCUT2D eigenvalue weighted by atomic mass is 10.0. The smallest absolute Gasteiger partial charge is 0.254 e. The van der Waals surface area contributed by atoms with Gasteiger partial charge in [0.15, 0.2) is 0 Å².